The van der Waals surface area contributed by atoms with Crippen molar-refractivity contribution in [2.75, 3.05) is 0 Å². The Bertz CT molecular complexity index is 447. The number of thiophene rings is 1. The normalized spacial score (nSPS) is 10.8. The lowest BCUT2D eigenvalue weighted by molar-refractivity contribution is 0.663. The first-order valence-electron chi connectivity index (χ1n) is 4.26. The van der Waals surface area contributed by atoms with Crippen molar-refractivity contribution in [3.05, 3.63) is 32.4 Å². The van der Waals surface area contributed by atoms with Gasteiger partial charge in [-0.25, -0.2) is 9.67 Å². The molecule has 5 heteroatoms. The molecule has 0 unspecified atom stereocenters. The average molecular weight is 272 g/mol. The minimum absolute atomic E-state index is 0.808. The van der Waals surface area contributed by atoms with Crippen LogP contribution in [0.5, 0.6) is 0 Å². The molecule has 0 aliphatic carbocycles. The second kappa shape index (κ2) is 3.82. The molecule has 0 atom stereocenters. The maximum atomic E-state index is 4.31. The molecule has 2 rings (SSSR count). The highest BCUT2D eigenvalue weighted by Gasteiger charge is 2.04. The Kier molecular flexibility index (Phi) is 2.69. The summed E-state index contributed by atoms with van der Waals surface area (Å²) in [6.07, 6.45) is 0. The van der Waals surface area contributed by atoms with Crippen LogP contribution in [-0.2, 0) is 6.54 Å². The molecule has 0 radical (unpaired) electrons. The lowest BCUT2D eigenvalue weighted by Crippen LogP contribution is -2.02. The predicted octanol–water partition coefficient (Wildman–Crippen LogP) is 2.77. The second-order valence-corrected chi connectivity index (χ2v) is 5.01. The van der Waals surface area contributed by atoms with E-state index >= 15 is 0 Å². The molecule has 0 N–H and O–H groups in total. The highest BCUT2D eigenvalue weighted by molar-refractivity contribution is 9.10. The third kappa shape index (κ3) is 2.04. The van der Waals surface area contributed by atoms with Crippen LogP contribution in [-0.4, -0.2) is 14.8 Å². The second-order valence-electron chi connectivity index (χ2n) is 3.10. The average Bonchev–Trinajstić information content (AvgIpc) is 2.61. The van der Waals surface area contributed by atoms with Crippen LogP contribution >= 0.6 is 27.3 Å². The van der Waals surface area contributed by atoms with Crippen LogP contribution in [0.4, 0.5) is 0 Å². The van der Waals surface area contributed by atoms with Crippen LogP contribution < -0.4 is 0 Å². The van der Waals surface area contributed by atoms with E-state index in [-0.39, 0.29) is 0 Å². The van der Waals surface area contributed by atoms with Crippen molar-refractivity contribution in [2.24, 2.45) is 0 Å². The van der Waals surface area contributed by atoms with E-state index in [1.54, 1.807) is 11.3 Å². The molecule has 0 aliphatic heterocycles. The van der Waals surface area contributed by atoms with Gasteiger partial charge in [0, 0.05) is 14.7 Å². The van der Waals surface area contributed by atoms with Gasteiger partial charge in [-0.3, -0.25) is 0 Å². The first-order valence-corrected chi connectivity index (χ1v) is 5.93. The number of halogens is 1. The van der Waals surface area contributed by atoms with E-state index in [4.69, 9.17) is 0 Å². The summed E-state index contributed by atoms with van der Waals surface area (Å²) in [7, 11) is 0. The van der Waals surface area contributed by atoms with E-state index in [9.17, 15) is 0 Å². The minimum atomic E-state index is 0.808. The molecular formula is C9H10BrN3S. The topological polar surface area (TPSA) is 30.7 Å². The molecule has 0 saturated carbocycles. The van der Waals surface area contributed by atoms with Crippen molar-refractivity contribution in [2.45, 2.75) is 20.4 Å². The van der Waals surface area contributed by atoms with Crippen molar-refractivity contribution in [3.8, 4) is 0 Å². The maximum Gasteiger partial charge on any atom is 0.147 e. The molecule has 2 heterocycles. The van der Waals surface area contributed by atoms with Gasteiger partial charge in [0.25, 0.3) is 0 Å². The Morgan fingerprint density at radius 1 is 1.50 bits per heavy atom. The Morgan fingerprint density at radius 2 is 2.29 bits per heavy atom. The summed E-state index contributed by atoms with van der Waals surface area (Å²) in [6, 6.07) is 2.11. The third-order valence-electron chi connectivity index (χ3n) is 1.89. The van der Waals surface area contributed by atoms with Gasteiger partial charge in [-0.15, -0.1) is 11.3 Å². The molecule has 0 fully saturated rings. The Balaban J connectivity index is 2.22. The van der Waals surface area contributed by atoms with Gasteiger partial charge in [-0.1, -0.05) is 0 Å². The summed E-state index contributed by atoms with van der Waals surface area (Å²) < 4.78 is 3.06. The molecule has 74 valence electrons. The Hall–Kier alpha value is -0.680. The molecule has 0 aromatic carbocycles. The largest absolute Gasteiger partial charge is 0.245 e. The number of rotatable bonds is 2. The zero-order valence-electron chi connectivity index (χ0n) is 7.99. The summed E-state index contributed by atoms with van der Waals surface area (Å²) in [5.74, 6) is 1.80. The standard InChI is InChI=1S/C9H10BrN3S/c1-6-11-7(2)13(12-6)4-9-3-8(10)5-14-9/h3,5H,4H2,1-2H3. The van der Waals surface area contributed by atoms with E-state index in [1.165, 1.54) is 4.88 Å². The fraction of sp³-hybridized carbons (Fsp3) is 0.333. The number of aromatic nitrogens is 3. The molecule has 2 aromatic heterocycles. The van der Waals surface area contributed by atoms with E-state index in [0.717, 1.165) is 22.7 Å². The molecule has 0 saturated heterocycles. The van der Waals surface area contributed by atoms with Gasteiger partial charge in [-0.2, -0.15) is 5.10 Å². The van der Waals surface area contributed by atoms with Crippen LogP contribution in [0.2, 0.25) is 0 Å². The summed E-state index contributed by atoms with van der Waals surface area (Å²) in [5, 5.41) is 6.39. The van der Waals surface area contributed by atoms with Gasteiger partial charge in [0.2, 0.25) is 0 Å². The zero-order chi connectivity index (χ0) is 10.1. The maximum absolute atomic E-state index is 4.31. The summed E-state index contributed by atoms with van der Waals surface area (Å²) in [5.41, 5.74) is 0. The van der Waals surface area contributed by atoms with E-state index in [2.05, 4.69) is 37.5 Å². The number of hydrogen-bond acceptors (Lipinski definition) is 3. The molecule has 0 bridgehead atoms. The highest BCUT2D eigenvalue weighted by Crippen LogP contribution is 2.20. The van der Waals surface area contributed by atoms with Crippen LogP contribution in [0.3, 0.4) is 0 Å². The van der Waals surface area contributed by atoms with Gasteiger partial charge in [0.15, 0.2) is 0 Å². The van der Waals surface area contributed by atoms with Gasteiger partial charge in [-0.05, 0) is 35.8 Å². The highest BCUT2D eigenvalue weighted by atomic mass is 79.9. The molecule has 0 amide bonds. The zero-order valence-corrected chi connectivity index (χ0v) is 10.4. The third-order valence-corrected chi connectivity index (χ3v) is 3.57. The van der Waals surface area contributed by atoms with Crippen LogP contribution in [0.1, 0.15) is 16.5 Å². The number of hydrogen-bond donors (Lipinski definition) is 0. The minimum Gasteiger partial charge on any atom is -0.245 e. The SMILES string of the molecule is Cc1nc(C)n(Cc2cc(Br)cs2)n1. The molecule has 14 heavy (non-hydrogen) atoms. The fourth-order valence-electron chi connectivity index (χ4n) is 1.30. The van der Waals surface area contributed by atoms with Crippen LogP contribution in [0, 0.1) is 13.8 Å². The summed E-state index contributed by atoms with van der Waals surface area (Å²) in [4.78, 5) is 5.54. The van der Waals surface area contributed by atoms with Crippen molar-refractivity contribution < 1.29 is 0 Å². The molecule has 3 nitrogen and oxygen atoms in total. The van der Waals surface area contributed by atoms with Crippen LogP contribution in [0.25, 0.3) is 0 Å². The molecule has 2 aromatic rings. The monoisotopic (exact) mass is 271 g/mol. The van der Waals surface area contributed by atoms with Crippen molar-refractivity contribution >= 4 is 27.3 Å². The van der Waals surface area contributed by atoms with E-state index < -0.39 is 0 Å². The van der Waals surface area contributed by atoms with E-state index in [0.29, 0.717) is 0 Å². The van der Waals surface area contributed by atoms with Gasteiger partial charge >= 0.3 is 0 Å². The summed E-state index contributed by atoms with van der Waals surface area (Å²) in [6.45, 7) is 4.69. The Morgan fingerprint density at radius 3 is 2.79 bits per heavy atom. The number of aryl methyl sites for hydroxylation is 2. The molecular weight excluding hydrogens is 262 g/mol. The van der Waals surface area contributed by atoms with Crippen molar-refractivity contribution in [3.63, 3.8) is 0 Å². The van der Waals surface area contributed by atoms with Gasteiger partial charge in [0.05, 0.1) is 6.54 Å². The lowest BCUT2D eigenvalue weighted by atomic mass is 10.4. The van der Waals surface area contributed by atoms with E-state index in [1.807, 2.05) is 18.5 Å². The predicted molar refractivity (Wildman–Crippen MR) is 60.6 cm³/mol. The van der Waals surface area contributed by atoms with Crippen molar-refractivity contribution in [1.29, 1.82) is 0 Å². The molecule has 0 aliphatic rings. The quantitative estimate of drug-likeness (QED) is 0.841. The fourth-order valence-corrected chi connectivity index (χ4v) is 2.73. The number of nitrogens with zero attached hydrogens (tertiary/aromatic N) is 3. The smallest absolute Gasteiger partial charge is 0.147 e. The Labute approximate surface area is 94.9 Å². The van der Waals surface area contributed by atoms with Crippen molar-refractivity contribution in [1.82, 2.24) is 14.8 Å². The van der Waals surface area contributed by atoms with Gasteiger partial charge in [0.1, 0.15) is 11.6 Å². The lowest BCUT2D eigenvalue weighted by Gasteiger charge is -1.98. The first kappa shape index (κ1) is 9.86. The first-order chi connectivity index (χ1) is 6.65. The molecule has 0 spiro atoms. The summed E-state index contributed by atoms with van der Waals surface area (Å²) >= 11 is 5.16. The van der Waals surface area contributed by atoms with Crippen LogP contribution in [0.15, 0.2) is 15.9 Å². The van der Waals surface area contributed by atoms with Gasteiger partial charge < -0.3 is 0 Å².